The predicted octanol–water partition coefficient (Wildman–Crippen LogP) is 3.85. The lowest BCUT2D eigenvalue weighted by Gasteiger charge is -2.39. The summed E-state index contributed by atoms with van der Waals surface area (Å²) in [4.78, 5) is 7.09. The van der Waals surface area contributed by atoms with Gasteiger partial charge in [-0.05, 0) is 30.0 Å². The third-order valence-electron chi connectivity index (χ3n) is 5.25. The zero-order valence-corrected chi connectivity index (χ0v) is 17.6. The van der Waals surface area contributed by atoms with Gasteiger partial charge in [-0.2, -0.15) is 0 Å². The van der Waals surface area contributed by atoms with Crippen molar-refractivity contribution in [1.82, 2.24) is 9.21 Å². The third kappa shape index (κ3) is 4.42. The van der Waals surface area contributed by atoms with Gasteiger partial charge >= 0.3 is 0 Å². The van der Waals surface area contributed by atoms with Crippen LogP contribution in [0.4, 0.5) is 5.69 Å². The van der Waals surface area contributed by atoms with Crippen LogP contribution in [0.15, 0.2) is 59.6 Å². The van der Waals surface area contributed by atoms with E-state index in [1.165, 1.54) is 23.6 Å². The molecule has 2 aromatic carbocycles. The van der Waals surface area contributed by atoms with E-state index in [-0.39, 0.29) is 6.04 Å². The summed E-state index contributed by atoms with van der Waals surface area (Å²) in [6, 6.07) is 18.3. The van der Waals surface area contributed by atoms with Crippen molar-refractivity contribution >= 4 is 32.6 Å². The van der Waals surface area contributed by atoms with Gasteiger partial charge in [0, 0.05) is 31.4 Å². The van der Waals surface area contributed by atoms with Gasteiger partial charge < -0.3 is 0 Å². The van der Waals surface area contributed by atoms with Crippen molar-refractivity contribution in [2.24, 2.45) is 4.99 Å². The van der Waals surface area contributed by atoms with Crippen molar-refractivity contribution in [2.45, 2.75) is 31.2 Å². The molecule has 0 bridgehead atoms. The average Bonchev–Trinajstić information content (AvgIpc) is 2.69. The van der Waals surface area contributed by atoms with Gasteiger partial charge in [-0.15, -0.1) is 0 Å². The molecule has 2 heterocycles. The smallest absolute Gasteiger partial charge is 0.234 e. The van der Waals surface area contributed by atoms with Gasteiger partial charge in [0.1, 0.15) is 0 Å². The molecule has 0 spiro atoms. The third-order valence-corrected chi connectivity index (χ3v) is 7.55. The van der Waals surface area contributed by atoms with Gasteiger partial charge in [0.2, 0.25) is 10.0 Å². The fourth-order valence-corrected chi connectivity index (χ4v) is 6.46. The Labute approximate surface area is 171 Å². The summed E-state index contributed by atoms with van der Waals surface area (Å²) in [6.07, 6.45) is 2.94. The van der Waals surface area contributed by atoms with Crippen molar-refractivity contribution in [1.29, 1.82) is 0 Å². The molecule has 7 heteroatoms. The molecule has 28 heavy (non-hydrogen) atoms. The van der Waals surface area contributed by atoms with Gasteiger partial charge in [0.05, 0.1) is 11.9 Å². The number of amidine groups is 1. The summed E-state index contributed by atoms with van der Waals surface area (Å²) >= 11 is 1.52. The lowest BCUT2D eigenvalue weighted by molar-refractivity contribution is 0.177. The number of piperidine rings is 1. The van der Waals surface area contributed by atoms with E-state index in [1.54, 1.807) is 4.31 Å². The molecule has 0 N–H and O–H groups in total. The Morgan fingerprint density at radius 2 is 1.75 bits per heavy atom. The Morgan fingerprint density at radius 3 is 2.46 bits per heavy atom. The number of hydrogen-bond donors (Lipinski definition) is 0. The number of nitrogens with zero attached hydrogens (tertiary/aromatic N) is 3. The number of aliphatic imine (C=N–C) groups is 1. The SMILES string of the molecule is CS(=O)(=O)N(C1=Nc2ccccc2CS1)C1CCN(Cc2ccccc2)CC1. The minimum absolute atomic E-state index is 0.0291. The maximum absolute atomic E-state index is 12.6. The van der Waals surface area contributed by atoms with Gasteiger partial charge in [-0.3, -0.25) is 4.90 Å². The monoisotopic (exact) mass is 415 g/mol. The van der Waals surface area contributed by atoms with E-state index in [1.807, 2.05) is 24.3 Å². The van der Waals surface area contributed by atoms with Crippen LogP contribution in [0.1, 0.15) is 24.0 Å². The highest BCUT2D eigenvalue weighted by Gasteiger charge is 2.34. The lowest BCUT2D eigenvalue weighted by atomic mass is 10.0. The Morgan fingerprint density at radius 1 is 1.07 bits per heavy atom. The molecule has 5 nitrogen and oxygen atoms in total. The van der Waals surface area contributed by atoms with Crippen molar-refractivity contribution in [2.75, 3.05) is 19.3 Å². The predicted molar refractivity (Wildman–Crippen MR) is 116 cm³/mol. The molecule has 4 rings (SSSR count). The van der Waals surface area contributed by atoms with Crippen LogP contribution in [0.5, 0.6) is 0 Å². The van der Waals surface area contributed by atoms with Gasteiger partial charge in [0.25, 0.3) is 0 Å². The van der Waals surface area contributed by atoms with E-state index >= 15 is 0 Å². The normalized spacial score (nSPS) is 18.4. The van der Waals surface area contributed by atoms with Crippen molar-refractivity contribution < 1.29 is 8.42 Å². The fraction of sp³-hybridized carbons (Fsp3) is 0.381. The number of sulfonamides is 1. The van der Waals surface area contributed by atoms with Crippen LogP contribution in [0.2, 0.25) is 0 Å². The largest absolute Gasteiger partial charge is 0.299 e. The molecule has 148 valence electrons. The van der Waals surface area contributed by atoms with Crippen LogP contribution in [-0.4, -0.2) is 48.2 Å². The number of rotatable bonds is 4. The van der Waals surface area contributed by atoms with E-state index in [0.717, 1.165) is 49.5 Å². The molecule has 0 saturated carbocycles. The number of para-hydroxylation sites is 1. The molecule has 0 amide bonds. The minimum Gasteiger partial charge on any atom is -0.299 e. The summed E-state index contributed by atoms with van der Waals surface area (Å²) in [5.74, 6) is 0.758. The van der Waals surface area contributed by atoms with E-state index in [0.29, 0.717) is 5.17 Å². The second kappa shape index (κ2) is 8.27. The highest BCUT2D eigenvalue weighted by Crippen LogP contribution is 2.34. The van der Waals surface area contributed by atoms with E-state index < -0.39 is 10.0 Å². The van der Waals surface area contributed by atoms with Crippen molar-refractivity contribution in [3.05, 3.63) is 65.7 Å². The molecule has 0 unspecified atom stereocenters. The molecule has 2 aromatic rings. The van der Waals surface area contributed by atoms with Crippen LogP contribution in [0.3, 0.4) is 0 Å². The van der Waals surface area contributed by atoms with Crippen molar-refractivity contribution in [3.8, 4) is 0 Å². The van der Waals surface area contributed by atoms with Crippen LogP contribution in [0, 0.1) is 0 Å². The highest BCUT2D eigenvalue weighted by atomic mass is 32.2. The van der Waals surface area contributed by atoms with Crippen LogP contribution < -0.4 is 0 Å². The second-order valence-corrected chi connectivity index (χ2v) is 10.2. The average molecular weight is 416 g/mol. The van der Waals surface area contributed by atoms with Crippen LogP contribution >= 0.6 is 11.8 Å². The number of benzene rings is 2. The molecule has 1 fully saturated rings. The summed E-state index contributed by atoms with van der Waals surface area (Å²) in [5.41, 5.74) is 3.33. The Kier molecular flexibility index (Phi) is 5.75. The molecular formula is C21H25N3O2S2. The zero-order valence-electron chi connectivity index (χ0n) is 16.0. The molecule has 0 radical (unpaired) electrons. The first-order valence-corrected chi connectivity index (χ1v) is 12.4. The van der Waals surface area contributed by atoms with Crippen molar-refractivity contribution in [3.63, 3.8) is 0 Å². The first kappa shape index (κ1) is 19.5. The lowest BCUT2D eigenvalue weighted by Crippen LogP contribution is -2.49. The second-order valence-electron chi connectivity index (χ2n) is 7.36. The summed E-state index contributed by atoms with van der Waals surface area (Å²) in [5, 5.41) is 0.614. The Hall–Kier alpha value is -1.83. The maximum Gasteiger partial charge on any atom is 0.234 e. The zero-order chi connectivity index (χ0) is 19.6. The molecule has 0 aliphatic carbocycles. The maximum atomic E-state index is 12.6. The standard InChI is InChI=1S/C21H25N3O2S2/c1-28(25,26)24(21-22-20-10-6-5-9-18(20)16-27-21)19-11-13-23(14-12-19)15-17-7-3-2-4-8-17/h2-10,19H,11-16H2,1H3. The summed E-state index contributed by atoms with van der Waals surface area (Å²) in [7, 11) is -3.38. The molecule has 0 atom stereocenters. The first-order chi connectivity index (χ1) is 13.5. The quantitative estimate of drug-likeness (QED) is 0.761. The van der Waals surface area contributed by atoms with Gasteiger partial charge in [-0.1, -0.05) is 60.3 Å². The highest BCUT2D eigenvalue weighted by molar-refractivity contribution is 8.14. The number of hydrogen-bond acceptors (Lipinski definition) is 5. The van der Waals surface area contributed by atoms with Crippen LogP contribution in [0.25, 0.3) is 0 Å². The first-order valence-electron chi connectivity index (χ1n) is 9.56. The summed E-state index contributed by atoms with van der Waals surface area (Å²) in [6.45, 7) is 2.69. The van der Waals surface area contributed by atoms with Gasteiger partial charge in [-0.25, -0.2) is 17.7 Å². The van der Waals surface area contributed by atoms with E-state index in [4.69, 9.17) is 0 Å². The van der Waals surface area contributed by atoms with Crippen LogP contribution in [-0.2, 0) is 22.3 Å². The molecule has 1 saturated heterocycles. The van der Waals surface area contributed by atoms with Gasteiger partial charge in [0.15, 0.2) is 5.17 Å². The fourth-order valence-electron chi connectivity index (χ4n) is 3.85. The Bertz CT molecular complexity index is 953. The van der Waals surface area contributed by atoms with E-state index in [9.17, 15) is 8.42 Å². The molecular weight excluding hydrogens is 390 g/mol. The van der Waals surface area contributed by atoms with E-state index in [2.05, 4.69) is 40.2 Å². The number of likely N-dealkylation sites (tertiary alicyclic amines) is 1. The molecule has 2 aliphatic rings. The minimum atomic E-state index is -3.38. The summed E-state index contributed by atoms with van der Waals surface area (Å²) < 4.78 is 26.8. The molecule has 0 aromatic heterocycles. The topological polar surface area (TPSA) is 53.0 Å². The number of thioether (sulfide) groups is 1. The Balaban J connectivity index is 1.49. The number of fused-ring (bicyclic) bond motifs is 1. The molecule has 2 aliphatic heterocycles.